The zero-order valence-electron chi connectivity index (χ0n) is 16.9. The molecule has 0 aliphatic carbocycles. The van der Waals surface area contributed by atoms with Gasteiger partial charge in [0.05, 0.1) is 25.0 Å². The van der Waals surface area contributed by atoms with Crippen molar-refractivity contribution in [3.05, 3.63) is 77.5 Å². The highest BCUT2D eigenvalue weighted by atomic mass is 16.5. The number of hydrogen-bond donors (Lipinski definition) is 1. The zero-order valence-corrected chi connectivity index (χ0v) is 16.9. The third kappa shape index (κ3) is 3.74. The fourth-order valence-corrected chi connectivity index (χ4v) is 3.64. The van der Waals surface area contributed by atoms with Crippen LogP contribution in [0.4, 0.5) is 5.69 Å². The molecule has 30 heavy (non-hydrogen) atoms. The van der Waals surface area contributed by atoms with E-state index in [1.165, 1.54) is 11.0 Å². The molecule has 1 aliphatic heterocycles. The molecule has 4 rings (SSSR count). The molecule has 0 bridgehead atoms. The number of fused-ring (bicyclic) bond motifs is 1. The normalized spacial score (nSPS) is 15.8. The molecule has 3 aromatic rings. The molecule has 3 heterocycles. The number of rotatable bonds is 5. The van der Waals surface area contributed by atoms with Crippen LogP contribution in [0.2, 0.25) is 0 Å². The summed E-state index contributed by atoms with van der Waals surface area (Å²) in [5.74, 6) is 0.484. The number of ether oxygens (including phenoxy) is 1. The van der Waals surface area contributed by atoms with Gasteiger partial charge in [-0.3, -0.25) is 9.59 Å². The SMILES string of the molecule is Cc1cc(/C=C/C(=O)N2C[C@H](C(N)=O)Oc3ccccc32)c(C)n1Cc1ccco1. The number of anilines is 1. The topological polar surface area (TPSA) is 90.7 Å². The first kappa shape index (κ1) is 19.6. The van der Waals surface area contributed by atoms with Crippen molar-refractivity contribution in [3.8, 4) is 5.75 Å². The molecular formula is C23H23N3O4. The van der Waals surface area contributed by atoms with Gasteiger partial charge in [-0.1, -0.05) is 12.1 Å². The number of carbonyl (C=O) groups excluding carboxylic acids is 2. The Kier molecular flexibility index (Phi) is 5.18. The first-order valence-corrected chi connectivity index (χ1v) is 9.67. The predicted molar refractivity (Wildman–Crippen MR) is 113 cm³/mol. The lowest BCUT2D eigenvalue weighted by atomic mass is 10.1. The molecule has 0 saturated heterocycles. The Bertz CT molecular complexity index is 1110. The van der Waals surface area contributed by atoms with Crippen molar-refractivity contribution in [2.45, 2.75) is 26.5 Å². The fraction of sp³-hybridized carbons (Fsp3) is 0.217. The average Bonchev–Trinajstić information content (AvgIpc) is 3.35. The minimum absolute atomic E-state index is 0.0764. The van der Waals surface area contributed by atoms with Gasteiger partial charge in [-0.15, -0.1) is 0 Å². The predicted octanol–water partition coefficient (Wildman–Crippen LogP) is 3.04. The number of aromatic nitrogens is 1. The van der Waals surface area contributed by atoms with Gasteiger partial charge in [0, 0.05) is 17.5 Å². The van der Waals surface area contributed by atoms with Gasteiger partial charge in [0.2, 0.25) is 0 Å². The summed E-state index contributed by atoms with van der Waals surface area (Å²) in [7, 11) is 0. The number of furan rings is 1. The first-order valence-electron chi connectivity index (χ1n) is 9.67. The van der Waals surface area contributed by atoms with Crippen LogP contribution in [-0.2, 0) is 16.1 Å². The lowest BCUT2D eigenvalue weighted by Crippen LogP contribution is -2.49. The number of amides is 2. The highest BCUT2D eigenvalue weighted by Crippen LogP contribution is 2.33. The number of aryl methyl sites for hydroxylation is 1. The molecule has 154 valence electrons. The maximum atomic E-state index is 13.0. The lowest BCUT2D eigenvalue weighted by Gasteiger charge is -2.32. The minimum atomic E-state index is -0.879. The Hall–Kier alpha value is -3.74. The van der Waals surface area contributed by atoms with E-state index in [9.17, 15) is 9.59 Å². The number of nitrogens with zero attached hydrogens (tertiary/aromatic N) is 2. The molecule has 0 unspecified atom stereocenters. The Balaban J connectivity index is 1.57. The van der Waals surface area contributed by atoms with Crippen LogP contribution in [0.1, 0.15) is 22.7 Å². The molecule has 1 aromatic carbocycles. The summed E-state index contributed by atoms with van der Waals surface area (Å²) in [5, 5.41) is 0. The lowest BCUT2D eigenvalue weighted by molar-refractivity contribution is -0.125. The summed E-state index contributed by atoms with van der Waals surface area (Å²) >= 11 is 0. The second kappa shape index (κ2) is 7.94. The standard InChI is InChI=1S/C23H23N3O4/c1-15-12-17(16(2)25(15)13-18-6-5-11-29-18)9-10-22(27)26-14-21(23(24)28)30-20-8-4-3-7-19(20)26/h3-12,21H,13-14H2,1-2H3,(H2,24,28)/b10-9+/t21-/m1/s1. The molecule has 2 amide bonds. The van der Waals surface area contributed by atoms with E-state index < -0.39 is 12.0 Å². The summed E-state index contributed by atoms with van der Waals surface area (Å²) in [6, 6.07) is 12.9. The molecule has 0 radical (unpaired) electrons. The van der Waals surface area contributed by atoms with Gasteiger partial charge in [0.25, 0.3) is 11.8 Å². The quantitative estimate of drug-likeness (QED) is 0.661. The minimum Gasteiger partial charge on any atom is -0.477 e. The van der Waals surface area contributed by atoms with Gasteiger partial charge in [-0.25, -0.2) is 0 Å². The molecule has 7 nitrogen and oxygen atoms in total. The summed E-state index contributed by atoms with van der Waals surface area (Å²) < 4.78 is 13.2. The third-order valence-corrected chi connectivity index (χ3v) is 5.27. The molecule has 0 fully saturated rings. The molecule has 0 spiro atoms. The summed E-state index contributed by atoms with van der Waals surface area (Å²) in [5.41, 5.74) is 9.08. The summed E-state index contributed by atoms with van der Waals surface area (Å²) in [6.45, 7) is 4.73. The third-order valence-electron chi connectivity index (χ3n) is 5.27. The van der Waals surface area contributed by atoms with Crippen molar-refractivity contribution >= 4 is 23.6 Å². The highest BCUT2D eigenvalue weighted by molar-refractivity contribution is 6.05. The van der Waals surface area contributed by atoms with E-state index in [4.69, 9.17) is 14.9 Å². The Labute approximate surface area is 174 Å². The van der Waals surface area contributed by atoms with E-state index in [-0.39, 0.29) is 12.5 Å². The van der Waals surface area contributed by atoms with Crippen LogP contribution >= 0.6 is 0 Å². The second-order valence-electron chi connectivity index (χ2n) is 7.25. The highest BCUT2D eigenvalue weighted by Gasteiger charge is 2.31. The first-order chi connectivity index (χ1) is 14.4. The average molecular weight is 405 g/mol. The number of benzene rings is 1. The Morgan fingerprint density at radius 1 is 1.20 bits per heavy atom. The van der Waals surface area contributed by atoms with Crippen LogP contribution in [0.15, 0.2) is 59.2 Å². The van der Waals surface area contributed by atoms with Crippen molar-refractivity contribution in [2.75, 3.05) is 11.4 Å². The second-order valence-corrected chi connectivity index (χ2v) is 7.25. The van der Waals surface area contributed by atoms with Crippen molar-refractivity contribution in [2.24, 2.45) is 5.73 Å². The molecule has 2 N–H and O–H groups in total. The van der Waals surface area contributed by atoms with Gasteiger partial charge in [-0.05, 0) is 55.8 Å². The molecular weight excluding hydrogens is 382 g/mol. The van der Waals surface area contributed by atoms with Gasteiger partial charge in [-0.2, -0.15) is 0 Å². The van der Waals surface area contributed by atoms with Crippen LogP contribution in [0.5, 0.6) is 5.75 Å². The number of carbonyl (C=O) groups is 2. The van der Waals surface area contributed by atoms with Crippen LogP contribution in [-0.4, -0.2) is 29.0 Å². The Morgan fingerprint density at radius 2 is 2.00 bits per heavy atom. The largest absolute Gasteiger partial charge is 0.477 e. The molecule has 7 heteroatoms. The van der Waals surface area contributed by atoms with Crippen molar-refractivity contribution in [3.63, 3.8) is 0 Å². The number of para-hydroxylation sites is 2. The van der Waals surface area contributed by atoms with E-state index >= 15 is 0 Å². The number of hydrogen-bond acceptors (Lipinski definition) is 4. The number of primary amides is 1. The monoisotopic (exact) mass is 405 g/mol. The van der Waals surface area contributed by atoms with E-state index in [0.29, 0.717) is 18.0 Å². The summed E-state index contributed by atoms with van der Waals surface area (Å²) in [4.78, 5) is 26.1. The van der Waals surface area contributed by atoms with Crippen molar-refractivity contribution in [1.82, 2.24) is 4.57 Å². The van der Waals surface area contributed by atoms with E-state index in [2.05, 4.69) is 4.57 Å². The zero-order chi connectivity index (χ0) is 21.3. The van der Waals surface area contributed by atoms with Gasteiger partial charge < -0.3 is 24.4 Å². The van der Waals surface area contributed by atoms with E-state index in [1.54, 1.807) is 30.5 Å². The van der Waals surface area contributed by atoms with E-state index in [0.717, 1.165) is 22.7 Å². The van der Waals surface area contributed by atoms with E-state index in [1.807, 2.05) is 38.1 Å². The maximum Gasteiger partial charge on any atom is 0.260 e. The van der Waals surface area contributed by atoms with Crippen molar-refractivity contribution in [1.29, 1.82) is 0 Å². The smallest absolute Gasteiger partial charge is 0.260 e. The Morgan fingerprint density at radius 3 is 2.73 bits per heavy atom. The van der Waals surface area contributed by atoms with Gasteiger partial charge in [0.1, 0.15) is 11.5 Å². The van der Waals surface area contributed by atoms with Crippen molar-refractivity contribution < 1.29 is 18.7 Å². The van der Waals surface area contributed by atoms with Crippen LogP contribution in [0, 0.1) is 13.8 Å². The van der Waals surface area contributed by atoms with Gasteiger partial charge >= 0.3 is 0 Å². The number of nitrogens with two attached hydrogens (primary N) is 1. The molecule has 1 aliphatic rings. The molecule has 0 saturated carbocycles. The molecule has 1 atom stereocenters. The molecule has 2 aromatic heterocycles. The fourth-order valence-electron chi connectivity index (χ4n) is 3.64. The maximum absolute atomic E-state index is 13.0. The van der Waals surface area contributed by atoms with Gasteiger partial charge in [0.15, 0.2) is 6.10 Å². The van der Waals surface area contributed by atoms with Crippen LogP contribution in [0.25, 0.3) is 6.08 Å². The summed E-state index contributed by atoms with van der Waals surface area (Å²) in [6.07, 6.45) is 4.08. The van der Waals surface area contributed by atoms with Crippen LogP contribution in [0.3, 0.4) is 0 Å². The van der Waals surface area contributed by atoms with Crippen LogP contribution < -0.4 is 15.4 Å².